The Bertz CT molecular complexity index is 390. The van der Waals surface area contributed by atoms with Gasteiger partial charge in [0.25, 0.3) is 0 Å². The van der Waals surface area contributed by atoms with Crippen molar-refractivity contribution in [3.8, 4) is 5.75 Å². The predicted molar refractivity (Wildman–Crippen MR) is 80.2 cm³/mol. The standard InChI is InChI=1S/C13H19OSi.2ClH.Ti/c1-8-10(7-15)6-11(14)9(2)12(8)13(3,4)5;;;/h6,14H,7H2,1-5H3;2*1H;. The van der Waals surface area contributed by atoms with Crippen LogP contribution in [-0.4, -0.2) is 15.3 Å². The molecule has 0 saturated heterocycles. The van der Waals surface area contributed by atoms with E-state index >= 15 is 0 Å². The van der Waals surface area contributed by atoms with E-state index in [1.807, 2.05) is 13.0 Å². The van der Waals surface area contributed by atoms with E-state index in [0.29, 0.717) is 5.75 Å². The summed E-state index contributed by atoms with van der Waals surface area (Å²) in [7, 11) is 3.51. The van der Waals surface area contributed by atoms with Crippen LogP contribution >= 0.6 is 24.8 Å². The first kappa shape index (κ1) is 23.6. The number of halogens is 2. The Morgan fingerprint density at radius 3 is 1.89 bits per heavy atom. The quantitative estimate of drug-likeness (QED) is 0.771. The molecule has 0 fully saturated rings. The van der Waals surface area contributed by atoms with Gasteiger partial charge in [0.05, 0.1) is 0 Å². The van der Waals surface area contributed by atoms with E-state index in [9.17, 15) is 5.11 Å². The van der Waals surface area contributed by atoms with Gasteiger partial charge in [-0.1, -0.05) is 20.8 Å². The van der Waals surface area contributed by atoms with Crippen LogP contribution in [0.3, 0.4) is 0 Å². The molecule has 0 aliphatic carbocycles. The first-order valence-corrected chi connectivity index (χ1v) is 5.97. The van der Waals surface area contributed by atoms with E-state index < -0.39 is 0 Å². The van der Waals surface area contributed by atoms with Crippen molar-refractivity contribution < 1.29 is 26.8 Å². The molecule has 0 atom stereocenters. The Kier molecular flexibility index (Phi) is 11.3. The monoisotopic (exact) mass is 339 g/mol. The van der Waals surface area contributed by atoms with E-state index in [0.717, 1.165) is 11.6 Å². The molecule has 0 amide bonds. The molecule has 0 aliphatic rings. The molecular weight excluding hydrogens is 319 g/mol. The van der Waals surface area contributed by atoms with Crippen LogP contribution in [0.4, 0.5) is 0 Å². The summed E-state index contributed by atoms with van der Waals surface area (Å²) in [5.41, 5.74) is 4.79. The molecule has 1 rings (SSSR count). The Morgan fingerprint density at radius 2 is 1.56 bits per heavy atom. The van der Waals surface area contributed by atoms with Gasteiger partial charge in [-0.05, 0) is 53.6 Å². The molecule has 0 bridgehead atoms. The molecular formula is C13H21Cl2OSiTi. The molecule has 1 N–H and O–H groups in total. The van der Waals surface area contributed by atoms with Gasteiger partial charge in [-0.25, -0.2) is 0 Å². The first-order valence-electron chi connectivity index (χ1n) is 5.26. The molecule has 3 radical (unpaired) electrons. The minimum Gasteiger partial charge on any atom is -0.508 e. The van der Waals surface area contributed by atoms with Gasteiger partial charge in [-0.15, -0.1) is 24.8 Å². The van der Waals surface area contributed by atoms with Crippen molar-refractivity contribution in [2.45, 2.75) is 46.1 Å². The molecule has 0 heterocycles. The Balaban J connectivity index is -0.000000750. The molecule has 101 valence electrons. The number of hydrogen-bond acceptors (Lipinski definition) is 1. The van der Waals surface area contributed by atoms with Crippen molar-refractivity contribution >= 4 is 35.1 Å². The van der Waals surface area contributed by atoms with Crippen molar-refractivity contribution in [1.82, 2.24) is 0 Å². The SMILES string of the molecule is Cc1c(O)cc(C[Si])c(C)c1C(C)(C)C.Cl.Cl.[Ti]. The predicted octanol–water partition coefficient (Wildman–Crippen LogP) is 3.82. The number of phenolic OH excluding ortho intramolecular Hbond substituents is 1. The van der Waals surface area contributed by atoms with Gasteiger partial charge in [0.15, 0.2) is 0 Å². The zero-order valence-corrected chi connectivity index (χ0v) is 15.7. The van der Waals surface area contributed by atoms with Crippen LogP contribution in [0.1, 0.15) is 43.0 Å². The van der Waals surface area contributed by atoms with Crippen LogP contribution in [-0.2, 0) is 33.2 Å². The summed E-state index contributed by atoms with van der Waals surface area (Å²) < 4.78 is 0. The molecule has 0 aromatic heterocycles. The minimum atomic E-state index is 0. The van der Waals surface area contributed by atoms with E-state index in [1.54, 1.807) is 0 Å². The van der Waals surface area contributed by atoms with Gasteiger partial charge in [-0.2, -0.15) is 0 Å². The third-order valence-electron chi connectivity index (χ3n) is 2.87. The third-order valence-corrected chi connectivity index (χ3v) is 3.25. The van der Waals surface area contributed by atoms with Crippen LogP contribution in [0.5, 0.6) is 5.75 Å². The second kappa shape index (κ2) is 8.65. The largest absolute Gasteiger partial charge is 0.508 e. The van der Waals surface area contributed by atoms with Crippen molar-refractivity contribution in [3.05, 3.63) is 28.3 Å². The number of phenols is 1. The summed E-state index contributed by atoms with van der Waals surface area (Å²) in [5.74, 6) is 0.402. The summed E-state index contributed by atoms with van der Waals surface area (Å²) in [4.78, 5) is 0. The molecule has 18 heavy (non-hydrogen) atoms. The smallest absolute Gasteiger partial charge is 0.119 e. The van der Waals surface area contributed by atoms with Gasteiger partial charge in [-0.3, -0.25) is 0 Å². The number of aromatic hydroxyl groups is 1. The summed E-state index contributed by atoms with van der Waals surface area (Å²) >= 11 is 0. The van der Waals surface area contributed by atoms with Crippen LogP contribution < -0.4 is 0 Å². The molecule has 5 heteroatoms. The minimum absolute atomic E-state index is 0. The van der Waals surface area contributed by atoms with Gasteiger partial charge in [0.1, 0.15) is 5.75 Å². The maximum atomic E-state index is 9.88. The van der Waals surface area contributed by atoms with Gasteiger partial charge in [0.2, 0.25) is 0 Å². The van der Waals surface area contributed by atoms with Gasteiger partial charge < -0.3 is 5.11 Å². The zero-order valence-electron chi connectivity index (χ0n) is 11.5. The maximum Gasteiger partial charge on any atom is 0.119 e. The summed E-state index contributed by atoms with van der Waals surface area (Å²) in [6, 6.07) is 2.63. The molecule has 0 aliphatic heterocycles. The fraction of sp³-hybridized carbons (Fsp3) is 0.538. The Morgan fingerprint density at radius 1 is 1.11 bits per heavy atom. The van der Waals surface area contributed by atoms with Crippen molar-refractivity contribution in [1.29, 1.82) is 0 Å². The first-order chi connectivity index (χ1) is 6.79. The Hall–Kier alpha value is 0.531. The van der Waals surface area contributed by atoms with Gasteiger partial charge >= 0.3 is 0 Å². The summed E-state index contributed by atoms with van der Waals surface area (Å²) in [6.07, 6.45) is 0. The van der Waals surface area contributed by atoms with E-state index in [1.165, 1.54) is 16.7 Å². The maximum absolute atomic E-state index is 9.88. The molecule has 1 aromatic rings. The average Bonchev–Trinajstić information content (AvgIpc) is 2.09. The fourth-order valence-electron chi connectivity index (χ4n) is 2.26. The number of benzene rings is 1. The number of hydrogen-bond donors (Lipinski definition) is 1. The molecule has 0 saturated carbocycles. The van der Waals surface area contributed by atoms with Crippen LogP contribution in [0, 0.1) is 13.8 Å². The number of rotatable bonds is 1. The van der Waals surface area contributed by atoms with Crippen molar-refractivity contribution in [2.75, 3.05) is 0 Å². The Labute approximate surface area is 141 Å². The van der Waals surface area contributed by atoms with Crippen LogP contribution in [0.25, 0.3) is 0 Å². The van der Waals surface area contributed by atoms with Crippen LogP contribution in [0.2, 0.25) is 0 Å². The normalized spacial score (nSPS) is 9.89. The molecule has 1 aromatic carbocycles. The van der Waals surface area contributed by atoms with E-state index in [2.05, 4.69) is 37.9 Å². The summed E-state index contributed by atoms with van der Waals surface area (Å²) in [6.45, 7) is 10.7. The van der Waals surface area contributed by atoms with Crippen molar-refractivity contribution in [3.63, 3.8) is 0 Å². The second-order valence-corrected chi connectivity index (χ2v) is 5.46. The van der Waals surface area contributed by atoms with Crippen molar-refractivity contribution in [2.24, 2.45) is 0 Å². The fourth-order valence-corrected chi connectivity index (χ4v) is 2.63. The molecule has 0 spiro atoms. The van der Waals surface area contributed by atoms with E-state index in [4.69, 9.17) is 0 Å². The van der Waals surface area contributed by atoms with Crippen LogP contribution in [0.15, 0.2) is 6.07 Å². The average molecular weight is 340 g/mol. The van der Waals surface area contributed by atoms with E-state index in [-0.39, 0.29) is 51.9 Å². The zero-order chi connectivity index (χ0) is 11.8. The second-order valence-electron chi connectivity index (χ2n) is 5.11. The molecule has 1 nitrogen and oxygen atoms in total. The topological polar surface area (TPSA) is 20.2 Å². The molecule has 0 unspecified atom stereocenters. The van der Waals surface area contributed by atoms with Gasteiger partial charge in [0, 0.05) is 32.0 Å². The third kappa shape index (κ3) is 4.90. The summed E-state index contributed by atoms with van der Waals surface area (Å²) in [5, 5.41) is 9.88.